The van der Waals surface area contributed by atoms with E-state index in [0.717, 1.165) is 12.8 Å². The number of carboxylic acid groups (broad SMARTS) is 1. The summed E-state index contributed by atoms with van der Waals surface area (Å²) in [5.41, 5.74) is 10.6. The average Bonchev–Trinajstić information content (AvgIpc) is 3.18. The predicted molar refractivity (Wildman–Crippen MR) is 139 cm³/mol. The maximum atomic E-state index is 12.9. The summed E-state index contributed by atoms with van der Waals surface area (Å²) >= 11 is 0. The number of carbonyl (C=O) groups excluding carboxylic acids is 3. The molecule has 2 bridgehead atoms. The van der Waals surface area contributed by atoms with Gasteiger partial charge in [0, 0.05) is 19.9 Å². The van der Waals surface area contributed by atoms with Crippen molar-refractivity contribution in [2.45, 2.75) is 89.9 Å². The lowest BCUT2D eigenvalue weighted by Crippen LogP contribution is -2.65. The van der Waals surface area contributed by atoms with Gasteiger partial charge in [-0.25, -0.2) is 0 Å². The van der Waals surface area contributed by atoms with Crippen LogP contribution in [-0.4, -0.2) is 78.7 Å². The number of guanidine groups is 1. The van der Waals surface area contributed by atoms with Crippen LogP contribution in [-0.2, 0) is 28.5 Å². The topological polar surface area (TPSA) is 207 Å². The van der Waals surface area contributed by atoms with Crippen molar-refractivity contribution >= 4 is 36.8 Å². The van der Waals surface area contributed by atoms with Crippen LogP contribution >= 0.6 is 0 Å². The van der Waals surface area contributed by atoms with Gasteiger partial charge in [-0.1, -0.05) is 13.8 Å². The summed E-state index contributed by atoms with van der Waals surface area (Å²) in [5.74, 6) is -2.27. The predicted octanol–water partition coefficient (Wildman–Crippen LogP) is -0.722. The molecule has 0 aromatic heterocycles. The molecule has 1 saturated heterocycles. The number of nitrogens with one attached hydrogen (secondary N) is 3. The lowest BCUT2D eigenvalue weighted by atomic mass is 9.43. The minimum atomic E-state index is -1.10. The number of nitrogens with two attached hydrogens (primary N) is 2. The number of nitrogens with zero attached hydrogens (tertiary/aromatic N) is 1. The van der Waals surface area contributed by atoms with Crippen LogP contribution in [0.1, 0.15) is 66.2 Å². The lowest BCUT2D eigenvalue weighted by molar-refractivity contribution is -0.199. The zero-order valence-corrected chi connectivity index (χ0v) is 22.6. The molecule has 1 unspecified atom stereocenters. The van der Waals surface area contributed by atoms with Crippen LogP contribution in [0.5, 0.6) is 0 Å². The molecule has 0 radical (unpaired) electrons. The fourth-order valence-corrected chi connectivity index (χ4v) is 6.20. The molecule has 8 N–H and O–H groups in total. The third kappa shape index (κ3) is 6.76. The summed E-state index contributed by atoms with van der Waals surface area (Å²) in [6, 6.07) is -1.06. The Bertz CT molecular complexity index is 959. The minimum absolute atomic E-state index is 0.0150. The molecule has 4 rings (SSSR count). The molecule has 4 fully saturated rings. The van der Waals surface area contributed by atoms with Crippen LogP contribution in [0.4, 0.5) is 0 Å². The van der Waals surface area contributed by atoms with Crippen LogP contribution < -0.4 is 27.4 Å². The summed E-state index contributed by atoms with van der Waals surface area (Å²) in [4.78, 5) is 51.7. The second-order valence-electron chi connectivity index (χ2n) is 11.4. The van der Waals surface area contributed by atoms with Gasteiger partial charge in [-0.15, -0.1) is 0 Å². The van der Waals surface area contributed by atoms with Gasteiger partial charge >= 0.3 is 13.1 Å². The molecule has 6 atom stereocenters. The number of rotatable bonds is 13. The van der Waals surface area contributed by atoms with E-state index in [0.29, 0.717) is 31.2 Å². The fraction of sp³-hybridized carbons (Fsp3) is 0.792. The van der Waals surface area contributed by atoms with Crippen LogP contribution in [0.2, 0.25) is 0 Å². The summed E-state index contributed by atoms with van der Waals surface area (Å²) in [6.07, 6.45) is 2.58. The maximum Gasteiger partial charge on any atom is 0.481 e. The van der Waals surface area contributed by atoms with Gasteiger partial charge in [0.2, 0.25) is 17.7 Å². The molecular formula is C24H41BN6O7. The zero-order valence-electron chi connectivity index (χ0n) is 22.6. The number of hydrogen-bond donors (Lipinski definition) is 6. The first kappa shape index (κ1) is 29.7. The van der Waals surface area contributed by atoms with Crippen molar-refractivity contribution in [1.29, 1.82) is 0 Å². The molecule has 3 amide bonds. The van der Waals surface area contributed by atoms with E-state index in [4.69, 9.17) is 25.9 Å². The number of aliphatic imine (C=N–C) groups is 1. The van der Waals surface area contributed by atoms with Crippen molar-refractivity contribution in [3.05, 3.63) is 0 Å². The quantitative estimate of drug-likeness (QED) is 0.0758. The van der Waals surface area contributed by atoms with Crippen molar-refractivity contribution in [2.75, 3.05) is 13.1 Å². The Hall–Kier alpha value is -2.87. The van der Waals surface area contributed by atoms with E-state index in [1.807, 2.05) is 0 Å². The van der Waals surface area contributed by atoms with E-state index in [-0.39, 0.29) is 36.9 Å². The summed E-state index contributed by atoms with van der Waals surface area (Å²) < 4.78 is 12.9. The smallest absolute Gasteiger partial charge is 0.481 e. The number of amides is 3. The van der Waals surface area contributed by atoms with Crippen LogP contribution in [0.25, 0.3) is 0 Å². The van der Waals surface area contributed by atoms with E-state index >= 15 is 0 Å². The van der Waals surface area contributed by atoms with Crippen molar-refractivity contribution < 1.29 is 33.6 Å². The van der Waals surface area contributed by atoms with Crippen LogP contribution in [0.15, 0.2) is 4.99 Å². The third-order valence-electron chi connectivity index (χ3n) is 8.38. The Kier molecular flexibility index (Phi) is 9.29. The summed E-state index contributed by atoms with van der Waals surface area (Å²) in [7, 11) is -0.665. The summed E-state index contributed by atoms with van der Waals surface area (Å²) in [6.45, 7) is 7.87. The van der Waals surface area contributed by atoms with Gasteiger partial charge in [0.05, 0.1) is 24.2 Å². The number of hydrogen-bond acceptors (Lipinski definition) is 7. The molecule has 4 aliphatic rings. The van der Waals surface area contributed by atoms with Gasteiger partial charge in [0.1, 0.15) is 6.04 Å². The monoisotopic (exact) mass is 536 g/mol. The Morgan fingerprint density at radius 1 is 1.13 bits per heavy atom. The van der Waals surface area contributed by atoms with Crippen LogP contribution in [0, 0.1) is 17.3 Å². The van der Waals surface area contributed by atoms with E-state index in [9.17, 15) is 19.2 Å². The molecular weight excluding hydrogens is 495 g/mol. The van der Waals surface area contributed by atoms with Crippen molar-refractivity contribution in [2.24, 2.45) is 33.7 Å². The highest BCUT2D eigenvalue weighted by Crippen LogP contribution is 2.65. The molecule has 0 aromatic carbocycles. The Balaban J connectivity index is 1.62. The van der Waals surface area contributed by atoms with Gasteiger partial charge < -0.3 is 41.8 Å². The van der Waals surface area contributed by atoms with E-state index < -0.39 is 48.4 Å². The van der Waals surface area contributed by atoms with Crippen molar-refractivity contribution in [1.82, 2.24) is 16.0 Å². The number of carboxylic acids is 1. The molecule has 3 saturated carbocycles. The van der Waals surface area contributed by atoms with Crippen molar-refractivity contribution in [3.63, 3.8) is 0 Å². The first-order valence-electron chi connectivity index (χ1n) is 13.2. The standard InChI is InChI=1S/C24H41BN6O7/c1-13(32)30-15(7-8-20(34)35)21(36)29-12-19(33)31-18(6-5-9-28-22(26)27)25-37-17-11-14-10-16(23(14,2)3)24(17,4)38-25/h14-18H,5-12H2,1-4H3,(H,29,36)(H,30,32)(H,31,33)(H,34,35)(H4,26,27,28)/t14-,15-,16-,17?,18-,24-/m0/s1. The number of carbonyl (C=O) groups is 4. The number of aliphatic carboxylic acids is 1. The van der Waals surface area contributed by atoms with E-state index in [2.05, 4.69) is 41.7 Å². The highest BCUT2D eigenvalue weighted by Gasteiger charge is 2.68. The molecule has 14 heteroatoms. The maximum absolute atomic E-state index is 12.9. The largest absolute Gasteiger partial charge is 0.481 e. The molecule has 38 heavy (non-hydrogen) atoms. The Morgan fingerprint density at radius 2 is 1.84 bits per heavy atom. The molecule has 1 aliphatic heterocycles. The van der Waals surface area contributed by atoms with Gasteiger partial charge in [-0.3, -0.25) is 24.2 Å². The van der Waals surface area contributed by atoms with Gasteiger partial charge in [0.15, 0.2) is 5.96 Å². The first-order chi connectivity index (χ1) is 17.7. The van der Waals surface area contributed by atoms with Crippen LogP contribution in [0.3, 0.4) is 0 Å². The Morgan fingerprint density at radius 3 is 2.45 bits per heavy atom. The highest BCUT2D eigenvalue weighted by molar-refractivity contribution is 6.47. The highest BCUT2D eigenvalue weighted by atomic mass is 16.7. The van der Waals surface area contributed by atoms with Crippen molar-refractivity contribution in [3.8, 4) is 0 Å². The average molecular weight is 536 g/mol. The zero-order chi connectivity index (χ0) is 28.3. The normalized spacial score (nSPS) is 28.2. The summed E-state index contributed by atoms with van der Waals surface area (Å²) in [5, 5.41) is 16.7. The van der Waals surface area contributed by atoms with E-state index in [1.165, 1.54) is 6.92 Å². The molecule has 0 spiro atoms. The van der Waals surface area contributed by atoms with Gasteiger partial charge in [0.25, 0.3) is 0 Å². The Labute approximate surface area is 223 Å². The first-order valence-corrected chi connectivity index (χ1v) is 13.2. The second-order valence-corrected chi connectivity index (χ2v) is 11.4. The van der Waals surface area contributed by atoms with Gasteiger partial charge in [-0.2, -0.15) is 0 Å². The SMILES string of the molecule is CC(=O)N[C@@H](CCC(=O)O)C(=O)NCC(=O)N[C@@H](CCCN=C(N)N)B1OC2C[C@@H]3C[C@@H](C3(C)C)[C@]2(C)O1. The lowest BCUT2D eigenvalue weighted by Gasteiger charge is -2.64. The minimum Gasteiger partial charge on any atom is -0.481 e. The molecule has 1 heterocycles. The second kappa shape index (κ2) is 11.9. The molecule has 212 valence electrons. The van der Waals surface area contributed by atoms with Gasteiger partial charge in [-0.05, 0) is 56.3 Å². The molecule has 0 aromatic rings. The molecule has 3 aliphatic carbocycles. The molecule has 13 nitrogen and oxygen atoms in total. The van der Waals surface area contributed by atoms with E-state index in [1.54, 1.807) is 0 Å². The third-order valence-corrected chi connectivity index (χ3v) is 8.38. The fourth-order valence-electron chi connectivity index (χ4n) is 6.20.